The molecule has 0 N–H and O–H groups in total. The smallest absolute Gasteiger partial charge is 0.264 e. The van der Waals surface area contributed by atoms with Crippen LogP contribution in [0.2, 0.25) is 0 Å². The normalized spacial score (nSPS) is 28.9. The van der Waals surface area contributed by atoms with E-state index in [1.165, 1.54) is 11.3 Å². The van der Waals surface area contributed by atoms with Crippen molar-refractivity contribution in [2.24, 2.45) is 11.3 Å². The van der Waals surface area contributed by atoms with Crippen molar-refractivity contribution in [2.75, 3.05) is 39.5 Å². The summed E-state index contributed by atoms with van der Waals surface area (Å²) in [6, 6.07) is 2.01. The molecule has 2 fully saturated rings. The maximum absolute atomic E-state index is 12.6. The zero-order valence-corrected chi connectivity index (χ0v) is 12.9. The van der Waals surface area contributed by atoms with Gasteiger partial charge in [0.1, 0.15) is 0 Å². The summed E-state index contributed by atoms with van der Waals surface area (Å²) in [7, 11) is 0. The summed E-state index contributed by atoms with van der Waals surface area (Å²) in [5, 5.41) is 1.98. The maximum Gasteiger partial charge on any atom is 0.264 e. The molecule has 0 radical (unpaired) electrons. The van der Waals surface area contributed by atoms with Crippen molar-refractivity contribution < 1.29 is 14.3 Å². The van der Waals surface area contributed by atoms with Crippen LogP contribution >= 0.6 is 11.3 Å². The van der Waals surface area contributed by atoms with Gasteiger partial charge >= 0.3 is 0 Å². The van der Waals surface area contributed by atoms with Gasteiger partial charge in [-0.25, -0.2) is 0 Å². The van der Waals surface area contributed by atoms with Crippen molar-refractivity contribution >= 4 is 17.2 Å². The van der Waals surface area contributed by atoms with E-state index in [1.807, 2.05) is 30.2 Å². The number of ether oxygens (including phenoxy) is 2. The summed E-state index contributed by atoms with van der Waals surface area (Å²) >= 11 is 1.54. The highest BCUT2D eigenvalue weighted by molar-refractivity contribution is 7.12. The van der Waals surface area contributed by atoms with E-state index in [2.05, 4.69) is 0 Å². The lowest BCUT2D eigenvalue weighted by atomic mass is 9.82. The minimum Gasteiger partial charge on any atom is -0.381 e. The summed E-state index contributed by atoms with van der Waals surface area (Å²) < 4.78 is 11.3. The number of carbonyl (C=O) groups is 1. The molecule has 110 valence electrons. The van der Waals surface area contributed by atoms with Gasteiger partial charge in [0.25, 0.3) is 5.91 Å². The minimum atomic E-state index is 0.0107. The average molecular weight is 295 g/mol. The molecule has 5 heteroatoms. The van der Waals surface area contributed by atoms with Crippen molar-refractivity contribution in [2.45, 2.75) is 13.8 Å². The van der Waals surface area contributed by atoms with Gasteiger partial charge in [0.05, 0.1) is 24.7 Å². The molecule has 1 amide bonds. The molecule has 3 rings (SSSR count). The van der Waals surface area contributed by atoms with E-state index in [1.54, 1.807) is 0 Å². The number of carbonyl (C=O) groups excluding carboxylic acids is 1. The molecule has 0 aromatic carbocycles. The van der Waals surface area contributed by atoms with Gasteiger partial charge in [-0.05, 0) is 30.9 Å². The first-order chi connectivity index (χ1) is 9.66. The van der Waals surface area contributed by atoms with Crippen LogP contribution in [0, 0.1) is 18.3 Å². The summed E-state index contributed by atoms with van der Waals surface area (Å²) in [4.78, 5) is 15.5. The molecule has 0 spiro atoms. The van der Waals surface area contributed by atoms with Crippen LogP contribution in [0.15, 0.2) is 11.4 Å². The van der Waals surface area contributed by atoms with Gasteiger partial charge in [0.2, 0.25) is 0 Å². The molecule has 3 heterocycles. The number of hydrogen-bond donors (Lipinski definition) is 0. The summed E-state index contributed by atoms with van der Waals surface area (Å²) in [6.07, 6.45) is 0. The molecule has 2 aliphatic heterocycles. The molecular weight excluding hydrogens is 274 g/mol. The van der Waals surface area contributed by atoms with Crippen molar-refractivity contribution in [3.8, 4) is 0 Å². The number of rotatable bonds is 4. The third-order valence-electron chi connectivity index (χ3n) is 4.46. The third-order valence-corrected chi connectivity index (χ3v) is 5.46. The van der Waals surface area contributed by atoms with E-state index in [9.17, 15) is 4.79 Å². The Morgan fingerprint density at radius 1 is 1.65 bits per heavy atom. The quantitative estimate of drug-likeness (QED) is 0.854. The minimum absolute atomic E-state index is 0.0107. The molecule has 4 nitrogen and oxygen atoms in total. The third kappa shape index (κ3) is 2.28. The summed E-state index contributed by atoms with van der Waals surface area (Å²) in [5.74, 6) is 0.584. The lowest BCUT2D eigenvalue weighted by Crippen LogP contribution is -2.37. The Hall–Kier alpha value is -0.910. The lowest BCUT2D eigenvalue weighted by Gasteiger charge is -2.26. The van der Waals surface area contributed by atoms with Gasteiger partial charge in [-0.1, -0.05) is 0 Å². The Morgan fingerprint density at radius 3 is 3.20 bits per heavy atom. The van der Waals surface area contributed by atoms with E-state index in [4.69, 9.17) is 9.47 Å². The summed E-state index contributed by atoms with van der Waals surface area (Å²) in [5.41, 5.74) is 1.09. The first kappa shape index (κ1) is 14.0. The average Bonchev–Trinajstić information content (AvgIpc) is 3.09. The largest absolute Gasteiger partial charge is 0.381 e. The van der Waals surface area contributed by atoms with E-state index < -0.39 is 0 Å². The van der Waals surface area contributed by atoms with Crippen molar-refractivity contribution in [3.05, 3.63) is 21.9 Å². The molecule has 1 aromatic rings. The van der Waals surface area contributed by atoms with Crippen LogP contribution in [0.1, 0.15) is 22.2 Å². The van der Waals surface area contributed by atoms with Crippen molar-refractivity contribution in [3.63, 3.8) is 0 Å². The number of thiophene rings is 1. The number of hydrogen-bond acceptors (Lipinski definition) is 4. The Morgan fingerprint density at radius 2 is 2.50 bits per heavy atom. The Bertz CT molecular complexity index is 501. The molecule has 0 unspecified atom stereocenters. The molecule has 0 aliphatic carbocycles. The SMILES string of the molecule is CCOC[C@]12COC[C@H]1CN(C(=O)c1sccc1C)C2. The zero-order chi connectivity index (χ0) is 14.2. The van der Waals surface area contributed by atoms with Crippen LogP contribution in [0.25, 0.3) is 0 Å². The number of aryl methyl sites for hydroxylation is 1. The second-order valence-corrected chi connectivity index (χ2v) is 6.75. The van der Waals surface area contributed by atoms with Crippen LogP contribution < -0.4 is 0 Å². The fourth-order valence-corrected chi connectivity index (χ4v) is 4.12. The van der Waals surface area contributed by atoms with Gasteiger partial charge in [-0.15, -0.1) is 11.3 Å². The number of likely N-dealkylation sites (tertiary alicyclic amines) is 1. The first-order valence-electron chi connectivity index (χ1n) is 7.15. The van der Waals surface area contributed by atoms with Crippen LogP contribution in [0.4, 0.5) is 0 Å². The monoisotopic (exact) mass is 295 g/mol. The van der Waals surface area contributed by atoms with Crippen LogP contribution in [-0.2, 0) is 9.47 Å². The van der Waals surface area contributed by atoms with E-state index in [0.717, 1.165) is 30.1 Å². The zero-order valence-electron chi connectivity index (χ0n) is 12.1. The van der Waals surface area contributed by atoms with E-state index in [0.29, 0.717) is 25.7 Å². The maximum atomic E-state index is 12.6. The Labute approximate surface area is 123 Å². The van der Waals surface area contributed by atoms with Crippen LogP contribution in [0.5, 0.6) is 0 Å². The topological polar surface area (TPSA) is 38.8 Å². The van der Waals surface area contributed by atoms with Gasteiger partial charge in [-0.3, -0.25) is 4.79 Å². The van der Waals surface area contributed by atoms with Gasteiger partial charge in [0.15, 0.2) is 0 Å². The molecule has 2 aliphatic rings. The fourth-order valence-electron chi connectivity index (χ4n) is 3.23. The molecule has 2 atom stereocenters. The highest BCUT2D eigenvalue weighted by Crippen LogP contribution is 2.42. The molecular formula is C15H21NO3S. The second kappa shape index (κ2) is 5.47. The van der Waals surface area contributed by atoms with Crippen molar-refractivity contribution in [1.29, 1.82) is 0 Å². The van der Waals surface area contributed by atoms with Crippen molar-refractivity contribution in [1.82, 2.24) is 4.90 Å². The van der Waals surface area contributed by atoms with Gasteiger partial charge in [0, 0.05) is 31.0 Å². The standard InChI is InChI=1S/C15H21NO3S/c1-3-18-9-15-8-16(6-12(15)7-19-10-15)14(17)13-11(2)4-5-20-13/h4-5,12H,3,6-10H2,1-2H3/t12-,15-/m1/s1. The van der Waals surface area contributed by atoms with Crippen LogP contribution in [0.3, 0.4) is 0 Å². The Balaban J connectivity index is 1.75. The molecule has 20 heavy (non-hydrogen) atoms. The number of fused-ring (bicyclic) bond motifs is 1. The predicted octanol–water partition coefficient (Wildman–Crippen LogP) is 2.18. The first-order valence-corrected chi connectivity index (χ1v) is 8.03. The molecule has 1 aromatic heterocycles. The summed E-state index contributed by atoms with van der Waals surface area (Å²) in [6.45, 7) is 8.43. The number of amides is 1. The fraction of sp³-hybridized carbons (Fsp3) is 0.667. The molecule has 0 bridgehead atoms. The molecule has 2 saturated heterocycles. The van der Waals surface area contributed by atoms with Gasteiger partial charge in [-0.2, -0.15) is 0 Å². The molecule has 0 saturated carbocycles. The number of nitrogens with zero attached hydrogens (tertiary/aromatic N) is 1. The van der Waals surface area contributed by atoms with E-state index >= 15 is 0 Å². The Kier molecular flexibility index (Phi) is 3.84. The lowest BCUT2D eigenvalue weighted by molar-refractivity contribution is 0.0318. The second-order valence-electron chi connectivity index (χ2n) is 5.83. The van der Waals surface area contributed by atoms with Crippen LogP contribution in [-0.4, -0.2) is 50.3 Å². The highest BCUT2D eigenvalue weighted by atomic mass is 32.1. The predicted molar refractivity (Wildman–Crippen MR) is 78.2 cm³/mol. The van der Waals surface area contributed by atoms with E-state index in [-0.39, 0.29) is 11.3 Å². The van der Waals surface area contributed by atoms with Gasteiger partial charge < -0.3 is 14.4 Å². The highest BCUT2D eigenvalue weighted by Gasteiger charge is 2.52.